The van der Waals surface area contributed by atoms with Crippen LogP contribution in [0.2, 0.25) is 5.02 Å². The number of hydrogen-bond donors (Lipinski definition) is 0. The second-order valence-corrected chi connectivity index (χ2v) is 7.69. The van der Waals surface area contributed by atoms with E-state index < -0.39 is 5.63 Å². The summed E-state index contributed by atoms with van der Waals surface area (Å²) in [7, 11) is 0. The minimum absolute atomic E-state index is 0.118. The first kappa shape index (κ1) is 19.4. The summed E-state index contributed by atoms with van der Waals surface area (Å²) < 4.78 is 6.05. The number of halogens is 2. The third-order valence-electron chi connectivity index (χ3n) is 4.50. The molecule has 142 valence electrons. The highest BCUT2D eigenvalue weighted by molar-refractivity contribution is 9.10. The van der Waals surface area contributed by atoms with Crippen molar-refractivity contribution < 1.29 is 9.21 Å². The minimum Gasteiger partial charge on any atom is -0.423 e. The van der Waals surface area contributed by atoms with Gasteiger partial charge in [0.25, 0.3) is 0 Å². The molecule has 0 saturated heterocycles. The lowest BCUT2D eigenvalue weighted by atomic mass is 9.99. The molecule has 0 radical (unpaired) electrons. The maximum absolute atomic E-state index is 12.5. The van der Waals surface area contributed by atoms with Crippen molar-refractivity contribution in [2.45, 2.75) is 0 Å². The molecule has 29 heavy (non-hydrogen) atoms. The topological polar surface area (TPSA) is 47.3 Å². The summed E-state index contributed by atoms with van der Waals surface area (Å²) in [6.07, 6.45) is 3.24. The molecule has 4 rings (SSSR count). The van der Waals surface area contributed by atoms with Gasteiger partial charge in [-0.1, -0.05) is 66.2 Å². The van der Waals surface area contributed by atoms with Crippen molar-refractivity contribution in [3.05, 3.63) is 110 Å². The molecule has 0 amide bonds. The molecule has 0 bridgehead atoms. The Kier molecular flexibility index (Phi) is 5.47. The monoisotopic (exact) mass is 464 g/mol. The second kappa shape index (κ2) is 8.19. The van der Waals surface area contributed by atoms with Crippen LogP contribution in [0.4, 0.5) is 0 Å². The zero-order valence-electron chi connectivity index (χ0n) is 15.1. The van der Waals surface area contributed by atoms with Crippen LogP contribution in [0.15, 0.2) is 92.6 Å². The molecule has 0 unspecified atom stereocenters. The van der Waals surface area contributed by atoms with Gasteiger partial charge in [0.1, 0.15) is 5.58 Å². The molecule has 0 aliphatic heterocycles. The van der Waals surface area contributed by atoms with Gasteiger partial charge in [0.15, 0.2) is 5.78 Å². The van der Waals surface area contributed by atoms with Gasteiger partial charge in [-0.3, -0.25) is 4.79 Å². The quantitative estimate of drug-likeness (QED) is 0.190. The average molecular weight is 466 g/mol. The number of carbonyl (C=O) groups excluding carboxylic acids is 1. The fourth-order valence-electron chi connectivity index (χ4n) is 3.05. The molecule has 1 aromatic heterocycles. The standard InChI is InChI=1S/C24H14BrClO3/c25-20-11-5-15(13-21(20)26)6-12-22(27)17-9-7-16(8-10-17)19-14-24(28)29-23-4-2-1-3-18(19)23/h1-14H. The van der Waals surface area contributed by atoms with Crippen LogP contribution in [0.25, 0.3) is 28.2 Å². The lowest BCUT2D eigenvalue weighted by molar-refractivity contribution is 0.104. The molecule has 0 aliphatic carbocycles. The van der Waals surface area contributed by atoms with Gasteiger partial charge >= 0.3 is 5.63 Å². The van der Waals surface area contributed by atoms with Gasteiger partial charge < -0.3 is 4.42 Å². The normalized spacial score (nSPS) is 11.2. The van der Waals surface area contributed by atoms with E-state index in [1.54, 1.807) is 30.3 Å². The fourth-order valence-corrected chi connectivity index (χ4v) is 3.48. The Morgan fingerprint density at radius 3 is 2.48 bits per heavy atom. The Labute approximate surface area is 180 Å². The molecule has 0 saturated carbocycles. The molecule has 1 heterocycles. The van der Waals surface area contributed by atoms with Crippen molar-refractivity contribution in [1.29, 1.82) is 0 Å². The number of allylic oxidation sites excluding steroid dienone is 1. The van der Waals surface area contributed by atoms with Crippen molar-refractivity contribution >= 4 is 50.4 Å². The van der Waals surface area contributed by atoms with E-state index >= 15 is 0 Å². The van der Waals surface area contributed by atoms with Crippen molar-refractivity contribution in [2.24, 2.45) is 0 Å². The highest BCUT2D eigenvalue weighted by Crippen LogP contribution is 2.27. The van der Waals surface area contributed by atoms with Crippen LogP contribution < -0.4 is 5.63 Å². The van der Waals surface area contributed by atoms with E-state index in [1.165, 1.54) is 12.1 Å². The first-order valence-corrected chi connectivity index (χ1v) is 9.99. The summed E-state index contributed by atoms with van der Waals surface area (Å²) in [5.41, 5.74) is 3.14. The zero-order valence-corrected chi connectivity index (χ0v) is 17.4. The molecule has 3 aromatic carbocycles. The van der Waals surface area contributed by atoms with Gasteiger partial charge in [0.2, 0.25) is 0 Å². The largest absolute Gasteiger partial charge is 0.423 e. The second-order valence-electron chi connectivity index (χ2n) is 6.42. The Hall–Kier alpha value is -2.95. The third kappa shape index (κ3) is 4.24. The van der Waals surface area contributed by atoms with Crippen molar-refractivity contribution in [1.82, 2.24) is 0 Å². The number of ketones is 1. The van der Waals surface area contributed by atoms with Gasteiger partial charge in [-0.2, -0.15) is 0 Å². The first-order chi connectivity index (χ1) is 14.0. The fraction of sp³-hybridized carbons (Fsp3) is 0. The molecule has 0 N–H and O–H groups in total. The molecule has 3 nitrogen and oxygen atoms in total. The number of hydrogen-bond acceptors (Lipinski definition) is 3. The van der Waals surface area contributed by atoms with Gasteiger partial charge in [0, 0.05) is 21.5 Å². The molecule has 5 heteroatoms. The molecule has 0 spiro atoms. The van der Waals surface area contributed by atoms with E-state index in [4.69, 9.17) is 16.0 Å². The van der Waals surface area contributed by atoms with Crippen molar-refractivity contribution in [3.63, 3.8) is 0 Å². The summed E-state index contributed by atoms with van der Waals surface area (Å²) in [6, 6.07) is 21.5. The number of carbonyl (C=O) groups is 1. The molecular weight excluding hydrogens is 452 g/mol. The lowest BCUT2D eigenvalue weighted by Gasteiger charge is -2.06. The van der Waals surface area contributed by atoms with Crippen LogP contribution in [-0.4, -0.2) is 5.78 Å². The number of benzene rings is 3. The van der Waals surface area contributed by atoms with Crippen LogP contribution in [0.5, 0.6) is 0 Å². The van der Waals surface area contributed by atoms with Crippen LogP contribution in [-0.2, 0) is 0 Å². The average Bonchev–Trinajstić information content (AvgIpc) is 2.74. The highest BCUT2D eigenvalue weighted by atomic mass is 79.9. The maximum Gasteiger partial charge on any atom is 0.336 e. The Balaban J connectivity index is 1.61. The molecular formula is C24H14BrClO3. The Morgan fingerprint density at radius 1 is 0.966 bits per heavy atom. The number of para-hydroxylation sites is 1. The molecule has 0 atom stereocenters. The number of rotatable bonds is 4. The molecule has 0 fully saturated rings. The van der Waals surface area contributed by atoms with E-state index in [2.05, 4.69) is 15.9 Å². The summed E-state index contributed by atoms with van der Waals surface area (Å²) in [4.78, 5) is 24.4. The summed E-state index contributed by atoms with van der Waals surface area (Å²) in [5, 5.41) is 1.43. The van der Waals surface area contributed by atoms with E-state index in [0.29, 0.717) is 16.2 Å². The highest BCUT2D eigenvalue weighted by Gasteiger charge is 2.09. The minimum atomic E-state index is -0.407. The first-order valence-electron chi connectivity index (χ1n) is 8.82. The van der Waals surface area contributed by atoms with E-state index in [1.807, 2.05) is 42.5 Å². The van der Waals surface area contributed by atoms with Crippen LogP contribution in [0, 0.1) is 0 Å². The lowest BCUT2D eigenvalue weighted by Crippen LogP contribution is -1.98. The zero-order chi connectivity index (χ0) is 20.4. The summed E-state index contributed by atoms with van der Waals surface area (Å²) in [6.45, 7) is 0. The van der Waals surface area contributed by atoms with E-state index in [9.17, 15) is 9.59 Å². The molecule has 0 aliphatic rings. The van der Waals surface area contributed by atoms with E-state index in [-0.39, 0.29) is 5.78 Å². The predicted molar refractivity (Wildman–Crippen MR) is 120 cm³/mol. The number of fused-ring (bicyclic) bond motifs is 1. The van der Waals surface area contributed by atoms with Gasteiger partial charge in [-0.05, 0) is 56.9 Å². The van der Waals surface area contributed by atoms with Crippen LogP contribution in [0.1, 0.15) is 15.9 Å². The summed E-state index contributed by atoms with van der Waals surface area (Å²) >= 11 is 9.42. The van der Waals surface area contributed by atoms with Gasteiger partial charge in [-0.15, -0.1) is 0 Å². The third-order valence-corrected chi connectivity index (χ3v) is 5.73. The summed E-state index contributed by atoms with van der Waals surface area (Å²) in [5.74, 6) is -0.118. The van der Waals surface area contributed by atoms with Crippen molar-refractivity contribution in [2.75, 3.05) is 0 Å². The SMILES string of the molecule is O=C(C=Cc1ccc(Br)c(Cl)c1)c1ccc(-c2cc(=O)oc3ccccc23)cc1. The van der Waals surface area contributed by atoms with Gasteiger partial charge in [-0.25, -0.2) is 4.79 Å². The van der Waals surface area contributed by atoms with E-state index in [0.717, 1.165) is 26.5 Å². The Morgan fingerprint density at radius 2 is 1.72 bits per heavy atom. The van der Waals surface area contributed by atoms with Crippen LogP contribution >= 0.6 is 27.5 Å². The predicted octanol–water partition coefficient (Wildman–Crippen LogP) is 6.77. The molecule has 4 aromatic rings. The smallest absolute Gasteiger partial charge is 0.336 e. The Bertz CT molecular complexity index is 1300. The van der Waals surface area contributed by atoms with Gasteiger partial charge in [0.05, 0.1) is 5.02 Å². The maximum atomic E-state index is 12.5. The van der Waals surface area contributed by atoms with Crippen LogP contribution in [0.3, 0.4) is 0 Å². The van der Waals surface area contributed by atoms with Crippen molar-refractivity contribution in [3.8, 4) is 11.1 Å².